The number of nitrogens with zero attached hydrogens (tertiary/aromatic N) is 3. The molecule has 8 nitrogen and oxygen atoms in total. The van der Waals surface area contributed by atoms with Gasteiger partial charge < -0.3 is 14.8 Å². The van der Waals surface area contributed by atoms with Crippen molar-refractivity contribution in [2.24, 2.45) is 11.3 Å². The first-order valence-electron chi connectivity index (χ1n) is 13.0. The molecule has 1 spiro atoms. The monoisotopic (exact) mass is 544 g/mol. The predicted molar refractivity (Wildman–Crippen MR) is 148 cm³/mol. The van der Waals surface area contributed by atoms with E-state index in [1.54, 1.807) is 25.6 Å². The van der Waals surface area contributed by atoms with Crippen LogP contribution in [0.1, 0.15) is 41.6 Å². The first kappa shape index (κ1) is 25.4. The van der Waals surface area contributed by atoms with Gasteiger partial charge in [-0.2, -0.15) is 5.10 Å². The highest BCUT2D eigenvalue weighted by Crippen LogP contribution is 2.59. The Kier molecular flexibility index (Phi) is 6.51. The molecular weight excluding hydrogens is 516 g/mol. The van der Waals surface area contributed by atoms with Crippen molar-refractivity contribution in [1.29, 1.82) is 0 Å². The zero-order chi connectivity index (χ0) is 27.1. The number of benzene rings is 2. The van der Waals surface area contributed by atoms with E-state index in [1.165, 1.54) is 7.11 Å². The Morgan fingerprint density at radius 3 is 2.54 bits per heavy atom. The van der Waals surface area contributed by atoms with E-state index in [0.29, 0.717) is 23.0 Å². The van der Waals surface area contributed by atoms with Crippen molar-refractivity contribution in [2.75, 3.05) is 14.2 Å². The topological polar surface area (TPSA) is 95.3 Å². The van der Waals surface area contributed by atoms with Crippen LogP contribution in [0.15, 0.2) is 60.9 Å². The van der Waals surface area contributed by atoms with E-state index in [9.17, 15) is 9.59 Å². The molecule has 39 heavy (non-hydrogen) atoms. The number of pyridine rings is 1. The number of hydrogen-bond donors (Lipinski definition) is 1. The third-order valence-corrected chi connectivity index (χ3v) is 8.31. The van der Waals surface area contributed by atoms with Crippen molar-refractivity contribution < 1.29 is 19.1 Å². The fourth-order valence-electron chi connectivity index (χ4n) is 6.17. The summed E-state index contributed by atoms with van der Waals surface area (Å²) in [6.07, 6.45) is 6.91. The zero-order valence-electron chi connectivity index (χ0n) is 21.8. The molecule has 2 aliphatic carbocycles. The summed E-state index contributed by atoms with van der Waals surface area (Å²) < 4.78 is 11.9. The molecule has 200 valence electrons. The van der Waals surface area contributed by atoms with Gasteiger partial charge in [-0.25, -0.2) is 4.98 Å². The van der Waals surface area contributed by atoms with Crippen molar-refractivity contribution in [3.8, 4) is 17.0 Å². The van der Waals surface area contributed by atoms with Crippen LogP contribution in [0.5, 0.6) is 5.88 Å². The normalized spacial score (nSPS) is 21.7. The summed E-state index contributed by atoms with van der Waals surface area (Å²) in [6.45, 7) is 0.507. The minimum Gasteiger partial charge on any atom is -0.481 e. The van der Waals surface area contributed by atoms with Crippen LogP contribution in [0.2, 0.25) is 5.02 Å². The molecule has 2 saturated carbocycles. The smallest absolute Gasteiger partial charge is 0.308 e. The molecule has 0 bridgehead atoms. The second kappa shape index (κ2) is 10.0. The van der Waals surface area contributed by atoms with Gasteiger partial charge in [0.1, 0.15) is 0 Å². The van der Waals surface area contributed by atoms with E-state index >= 15 is 0 Å². The molecule has 1 N–H and O–H groups in total. The molecule has 0 radical (unpaired) electrons. The quantitative estimate of drug-likeness (QED) is 0.318. The van der Waals surface area contributed by atoms with E-state index < -0.39 is 0 Å². The van der Waals surface area contributed by atoms with E-state index in [1.807, 2.05) is 22.9 Å². The molecule has 4 aromatic rings. The van der Waals surface area contributed by atoms with Gasteiger partial charge in [0.05, 0.1) is 44.0 Å². The van der Waals surface area contributed by atoms with E-state index in [2.05, 4.69) is 39.7 Å². The lowest BCUT2D eigenvalue weighted by atomic mass is 9.50. The van der Waals surface area contributed by atoms with Gasteiger partial charge in [-0.3, -0.25) is 14.3 Å². The van der Waals surface area contributed by atoms with Crippen molar-refractivity contribution in [3.63, 3.8) is 0 Å². The van der Waals surface area contributed by atoms with Crippen LogP contribution >= 0.6 is 11.6 Å². The number of rotatable bonds is 7. The number of ether oxygens (including phenoxy) is 2. The number of methoxy groups -OCH3 is 2. The lowest BCUT2D eigenvalue weighted by Crippen LogP contribution is -2.57. The summed E-state index contributed by atoms with van der Waals surface area (Å²) in [5, 5.41) is 9.07. The maximum absolute atomic E-state index is 13.4. The Morgan fingerprint density at radius 2 is 1.82 bits per heavy atom. The lowest BCUT2D eigenvalue weighted by Gasteiger charge is -2.56. The van der Waals surface area contributed by atoms with E-state index in [0.717, 1.165) is 53.3 Å². The minimum atomic E-state index is -0.157. The Morgan fingerprint density at radius 1 is 1.05 bits per heavy atom. The number of amides is 1. The molecule has 2 aromatic heterocycles. The fraction of sp³-hybridized carbons (Fsp3) is 0.333. The number of fused-ring (bicyclic) bond motifs is 1. The Hall–Kier alpha value is -3.91. The van der Waals surface area contributed by atoms with E-state index in [-0.39, 0.29) is 29.3 Å². The summed E-state index contributed by atoms with van der Waals surface area (Å²) in [5.74, 6) is 0.277. The Bertz CT molecular complexity index is 1550. The largest absolute Gasteiger partial charge is 0.481 e. The average molecular weight is 545 g/mol. The fourth-order valence-corrected chi connectivity index (χ4v) is 6.40. The van der Waals surface area contributed by atoms with Crippen molar-refractivity contribution in [3.05, 3.63) is 77.1 Å². The number of halogens is 1. The molecular formula is C30H29ClN4O4. The van der Waals surface area contributed by atoms with Crippen molar-refractivity contribution >= 4 is 34.4 Å². The van der Waals surface area contributed by atoms with E-state index in [4.69, 9.17) is 21.1 Å². The summed E-state index contributed by atoms with van der Waals surface area (Å²) >= 11 is 6.38. The van der Waals surface area contributed by atoms with Crippen molar-refractivity contribution in [1.82, 2.24) is 20.1 Å². The molecule has 0 unspecified atom stereocenters. The zero-order valence-corrected chi connectivity index (χ0v) is 22.6. The molecule has 0 saturated heterocycles. The lowest BCUT2D eigenvalue weighted by molar-refractivity contribution is -0.159. The standard InChI is InChI=1S/C30H29ClN4O4/c1-38-26-10-20(7-8-32-26)19-5-3-18(4-6-19)17-35-27-21(16-33-35)9-23(31)11-25(27)28(36)34-24-14-30(15-24)12-22(13-30)29(37)39-2/h3-11,16,22,24H,12-15,17H2,1-2H3,(H,34,36). The number of esters is 1. The minimum absolute atomic E-state index is 0.00449. The number of carbonyl (C=O) groups excluding carboxylic acids is 2. The number of hydrogen-bond acceptors (Lipinski definition) is 6. The number of carbonyl (C=O) groups is 2. The van der Waals surface area contributed by atoms with Gasteiger partial charge in [0.2, 0.25) is 5.88 Å². The van der Waals surface area contributed by atoms with Gasteiger partial charge >= 0.3 is 5.97 Å². The molecule has 2 aliphatic rings. The second-order valence-electron chi connectivity index (χ2n) is 10.7. The number of nitrogens with one attached hydrogen (secondary N) is 1. The molecule has 2 fully saturated rings. The van der Waals surface area contributed by atoms with Crippen LogP contribution in [-0.2, 0) is 16.1 Å². The molecule has 6 rings (SSSR count). The first-order chi connectivity index (χ1) is 18.9. The SMILES string of the molecule is COC(=O)C1CC2(CC(NC(=O)c3cc(Cl)cc4cnn(Cc5ccc(-c6ccnc(OC)c6)cc5)c34)C2)C1. The maximum atomic E-state index is 13.4. The highest BCUT2D eigenvalue weighted by molar-refractivity contribution is 6.32. The molecule has 2 heterocycles. The van der Waals surface area contributed by atoms with Gasteiger partial charge in [0, 0.05) is 28.7 Å². The third-order valence-electron chi connectivity index (χ3n) is 8.09. The molecule has 0 aliphatic heterocycles. The third kappa shape index (κ3) is 4.85. The van der Waals surface area contributed by atoms with Crippen LogP contribution in [-0.4, -0.2) is 46.9 Å². The summed E-state index contributed by atoms with van der Waals surface area (Å²) in [6, 6.07) is 15.7. The van der Waals surface area contributed by atoms with Crippen LogP contribution < -0.4 is 10.1 Å². The van der Waals surface area contributed by atoms with Crippen LogP contribution in [0, 0.1) is 11.3 Å². The molecule has 9 heteroatoms. The number of aromatic nitrogens is 3. The highest BCUT2D eigenvalue weighted by atomic mass is 35.5. The highest BCUT2D eigenvalue weighted by Gasteiger charge is 2.55. The molecule has 1 amide bonds. The van der Waals surface area contributed by atoms with Gasteiger partial charge in [0.15, 0.2) is 0 Å². The first-order valence-corrected chi connectivity index (χ1v) is 13.4. The van der Waals surface area contributed by atoms with Crippen molar-refractivity contribution in [2.45, 2.75) is 38.3 Å². The Balaban J connectivity index is 1.17. The van der Waals surface area contributed by atoms with Crippen LogP contribution in [0.4, 0.5) is 0 Å². The summed E-state index contributed by atoms with van der Waals surface area (Å²) in [7, 11) is 3.03. The van der Waals surface area contributed by atoms with Gasteiger partial charge in [-0.1, -0.05) is 35.9 Å². The second-order valence-corrected chi connectivity index (χ2v) is 11.1. The van der Waals surface area contributed by atoms with Gasteiger partial charge in [-0.15, -0.1) is 0 Å². The summed E-state index contributed by atoms with van der Waals surface area (Å²) in [4.78, 5) is 29.3. The molecule has 2 aromatic carbocycles. The maximum Gasteiger partial charge on any atom is 0.308 e. The van der Waals surface area contributed by atoms with Crippen LogP contribution in [0.3, 0.4) is 0 Å². The van der Waals surface area contributed by atoms with Crippen LogP contribution in [0.25, 0.3) is 22.0 Å². The van der Waals surface area contributed by atoms with Gasteiger partial charge in [0.25, 0.3) is 5.91 Å². The van der Waals surface area contributed by atoms with Gasteiger partial charge in [-0.05, 0) is 66.0 Å². The Labute approximate surface area is 231 Å². The molecule has 0 atom stereocenters. The predicted octanol–water partition coefficient (Wildman–Crippen LogP) is 5.27. The average Bonchev–Trinajstić information content (AvgIpc) is 3.30. The summed E-state index contributed by atoms with van der Waals surface area (Å²) in [5.41, 5.74) is 4.56.